The summed E-state index contributed by atoms with van der Waals surface area (Å²) in [5, 5.41) is 4.00. The van der Waals surface area contributed by atoms with Crippen molar-refractivity contribution >= 4 is 17.5 Å². The van der Waals surface area contributed by atoms with E-state index in [4.69, 9.17) is 20.2 Å². The third kappa shape index (κ3) is 4.13. The summed E-state index contributed by atoms with van der Waals surface area (Å²) in [5.41, 5.74) is 13.4. The standard InChI is InChI=1S/C24H28N4O3/c1-14(27-28-24(25)29)15-8-10-16(11-9-15)23-19-13-22(31-3)21(30-2)12-18(19)17-6-4-5-7-20(17)26-23/h8-13,17,20H,4-7H2,1-3H3,(H3,25,28,29)/b27-14+/t17-,20-/m1/s1. The van der Waals surface area contributed by atoms with Crippen LogP contribution in [0.3, 0.4) is 0 Å². The van der Waals surface area contributed by atoms with Gasteiger partial charge in [-0.1, -0.05) is 37.1 Å². The summed E-state index contributed by atoms with van der Waals surface area (Å²) < 4.78 is 11.2. The SMILES string of the molecule is COc1cc2c(cc1OC)[C@H]1CCCC[C@H]1N=C2c1ccc(/C(C)=N/NC(N)=O)cc1. The molecule has 1 fully saturated rings. The first-order chi connectivity index (χ1) is 15.0. The molecule has 2 aromatic rings. The van der Waals surface area contributed by atoms with Crippen molar-refractivity contribution in [2.24, 2.45) is 15.8 Å². The number of fused-ring (bicyclic) bond motifs is 3. The third-order valence-corrected chi connectivity index (χ3v) is 6.14. The zero-order valence-corrected chi connectivity index (χ0v) is 18.1. The fraction of sp³-hybridized carbons (Fsp3) is 0.375. The van der Waals surface area contributed by atoms with Crippen molar-refractivity contribution in [1.29, 1.82) is 0 Å². The summed E-state index contributed by atoms with van der Waals surface area (Å²) in [4.78, 5) is 16.1. The van der Waals surface area contributed by atoms with Crippen LogP contribution in [-0.2, 0) is 0 Å². The number of urea groups is 1. The Kier molecular flexibility index (Phi) is 5.93. The number of carbonyl (C=O) groups is 1. The number of primary amides is 1. The summed E-state index contributed by atoms with van der Waals surface area (Å²) in [6.07, 6.45) is 4.68. The number of ether oxygens (including phenoxy) is 2. The maximum atomic E-state index is 10.9. The molecule has 2 aromatic carbocycles. The number of nitrogens with zero attached hydrogens (tertiary/aromatic N) is 2. The molecular formula is C24H28N4O3. The molecule has 0 spiro atoms. The highest BCUT2D eigenvalue weighted by Gasteiger charge is 2.34. The number of amides is 2. The Labute approximate surface area is 182 Å². The van der Waals surface area contributed by atoms with Crippen molar-refractivity contribution in [3.05, 3.63) is 58.7 Å². The fourth-order valence-corrected chi connectivity index (χ4v) is 4.57. The molecular weight excluding hydrogens is 392 g/mol. The van der Waals surface area contributed by atoms with Gasteiger partial charge in [-0.05, 0) is 43.0 Å². The van der Waals surface area contributed by atoms with Gasteiger partial charge >= 0.3 is 6.03 Å². The van der Waals surface area contributed by atoms with E-state index in [2.05, 4.69) is 22.7 Å². The molecule has 0 aromatic heterocycles. The second-order valence-electron chi connectivity index (χ2n) is 7.98. The number of aliphatic imine (C=N–C) groups is 1. The summed E-state index contributed by atoms with van der Waals surface area (Å²) in [6.45, 7) is 1.82. The van der Waals surface area contributed by atoms with Crippen LogP contribution in [0.2, 0.25) is 0 Å². The zero-order valence-electron chi connectivity index (χ0n) is 18.1. The number of methoxy groups -OCH3 is 2. The van der Waals surface area contributed by atoms with E-state index in [9.17, 15) is 4.79 Å². The lowest BCUT2D eigenvalue weighted by molar-refractivity contribution is 0.249. The summed E-state index contributed by atoms with van der Waals surface area (Å²) in [5.74, 6) is 1.89. The summed E-state index contributed by atoms with van der Waals surface area (Å²) in [6, 6.07) is 11.8. The Morgan fingerprint density at radius 1 is 1.10 bits per heavy atom. The lowest BCUT2D eigenvalue weighted by atomic mass is 9.75. The molecule has 1 saturated carbocycles. The Morgan fingerprint density at radius 3 is 2.45 bits per heavy atom. The van der Waals surface area contributed by atoms with Crippen molar-refractivity contribution in [3.8, 4) is 11.5 Å². The molecule has 31 heavy (non-hydrogen) atoms. The second-order valence-corrected chi connectivity index (χ2v) is 7.98. The summed E-state index contributed by atoms with van der Waals surface area (Å²) >= 11 is 0. The molecule has 4 rings (SSSR count). The Hall–Kier alpha value is -3.35. The lowest BCUT2D eigenvalue weighted by Crippen LogP contribution is -2.29. The highest BCUT2D eigenvalue weighted by molar-refractivity contribution is 6.15. The van der Waals surface area contributed by atoms with Crippen LogP contribution in [-0.4, -0.2) is 37.7 Å². The van der Waals surface area contributed by atoms with E-state index in [-0.39, 0.29) is 6.04 Å². The smallest absolute Gasteiger partial charge is 0.332 e. The molecule has 0 radical (unpaired) electrons. The molecule has 2 aliphatic rings. The van der Waals surface area contributed by atoms with E-state index >= 15 is 0 Å². The van der Waals surface area contributed by atoms with E-state index in [1.165, 1.54) is 18.4 Å². The lowest BCUT2D eigenvalue weighted by Gasteiger charge is -2.35. The largest absolute Gasteiger partial charge is 0.493 e. The van der Waals surface area contributed by atoms with Gasteiger partial charge in [-0.2, -0.15) is 5.10 Å². The van der Waals surface area contributed by atoms with Crippen LogP contribution in [0.5, 0.6) is 11.5 Å². The quantitative estimate of drug-likeness (QED) is 0.565. The normalized spacial score (nSPS) is 20.2. The Balaban J connectivity index is 1.75. The van der Waals surface area contributed by atoms with Crippen molar-refractivity contribution in [1.82, 2.24) is 5.43 Å². The van der Waals surface area contributed by atoms with Crippen LogP contribution in [0.1, 0.15) is 60.8 Å². The van der Waals surface area contributed by atoms with Gasteiger partial charge in [0.25, 0.3) is 0 Å². The number of hydrazone groups is 1. The highest BCUT2D eigenvalue weighted by Crippen LogP contribution is 2.44. The molecule has 2 atom stereocenters. The molecule has 3 N–H and O–H groups in total. The van der Waals surface area contributed by atoms with Crippen LogP contribution >= 0.6 is 0 Å². The monoisotopic (exact) mass is 420 g/mol. The topological polar surface area (TPSA) is 98.3 Å². The van der Waals surface area contributed by atoms with Gasteiger partial charge in [0.1, 0.15) is 0 Å². The molecule has 0 unspecified atom stereocenters. The number of carbonyl (C=O) groups excluding carboxylic acids is 1. The van der Waals surface area contributed by atoms with Crippen LogP contribution in [0.25, 0.3) is 0 Å². The maximum Gasteiger partial charge on any atom is 0.332 e. The van der Waals surface area contributed by atoms with Gasteiger partial charge in [0.05, 0.1) is 31.7 Å². The minimum absolute atomic E-state index is 0.289. The van der Waals surface area contributed by atoms with Gasteiger partial charge in [-0.3, -0.25) is 4.99 Å². The number of rotatable bonds is 5. The molecule has 0 bridgehead atoms. The van der Waals surface area contributed by atoms with E-state index in [0.717, 1.165) is 41.0 Å². The van der Waals surface area contributed by atoms with Gasteiger partial charge < -0.3 is 15.2 Å². The minimum atomic E-state index is -0.685. The average Bonchev–Trinajstić information content (AvgIpc) is 2.81. The van der Waals surface area contributed by atoms with Gasteiger partial charge in [0, 0.05) is 17.0 Å². The van der Waals surface area contributed by atoms with E-state index in [0.29, 0.717) is 17.4 Å². The van der Waals surface area contributed by atoms with Crippen molar-refractivity contribution in [3.63, 3.8) is 0 Å². The molecule has 162 valence electrons. The summed E-state index contributed by atoms with van der Waals surface area (Å²) in [7, 11) is 3.33. The van der Waals surface area contributed by atoms with Crippen molar-refractivity contribution < 1.29 is 14.3 Å². The molecule has 1 aliphatic heterocycles. The van der Waals surface area contributed by atoms with E-state index in [1.807, 2.05) is 31.2 Å². The van der Waals surface area contributed by atoms with Gasteiger partial charge in [-0.15, -0.1) is 0 Å². The third-order valence-electron chi connectivity index (χ3n) is 6.14. The van der Waals surface area contributed by atoms with E-state index < -0.39 is 6.03 Å². The average molecular weight is 421 g/mol. The first-order valence-corrected chi connectivity index (χ1v) is 10.6. The Bertz CT molecular complexity index is 1040. The van der Waals surface area contributed by atoms with Crippen LogP contribution in [0.15, 0.2) is 46.5 Å². The van der Waals surface area contributed by atoms with Gasteiger partial charge in [-0.25, -0.2) is 10.2 Å². The van der Waals surface area contributed by atoms with Crippen LogP contribution < -0.4 is 20.6 Å². The molecule has 1 heterocycles. The zero-order chi connectivity index (χ0) is 22.0. The van der Waals surface area contributed by atoms with E-state index in [1.54, 1.807) is 14.2 Å². The van der Waals surface area contributed by atoms with Crippen LogP contribution in [0.4, 0.5) is 4.79 Å². The van der Waals surface area contributed by atoms with Gasteiger partial charge in [0.15, 0.2) is 11.5 Å². The minimum Gasteiger partial charge on any atom is -0.493 e. The molecule has 7 nitrogen and oxygen atoms in total. The van der Waals surface area contributed by atoms with Gasteiger partial charge in [0.2, 0.25) is 0 Å². The fourth-order valence-electron chi connectivity index (χ4n) is 4.57. The van der Waals surface area contributed by atoms with Crippen molar-refractivity contribution in [2.75, 3.05) is 14.2 Å². The van der Waals surface area contributed by atoms with Crippen molar-refractivity contribution in [2.45, 2.75) is 44.6 Å². The number of hydrogen-bond donors (Lipinski definition) is 2. The predicted octanol–water partition coefficient (Wildman–Crippen LogP) is 3.97. The maximum absolute atomic E-state index is 10.9. The van der Waals surface area contributed by atoms with Crippen LogP contribution in [0, 0.1) is 0 Å². The Morgan fingerprint density at radius 2 is 1.77 bits per heavy atom. The molecule has 2 amide bonds. The first kappa shape index (κ1) is 20.9. The number of benzene rings is 2. The predicted molar refractivity (Wildman–Crippen MR) is 122 cm³/mol. The number of nitrogens with two attached hydrogens (primary N) is 1. The molecule has 1 aliphatic carbocycles. The molecule has 0 saturated heterocycles. The second kappa shape index (κ2) is 8.79. The highest BCUT2D eigenvalue weighted by atomic mass is 16.5. The molecule has 7 heteroatoms. The number of nitrogens with one attached hydrogen (secondary N) is 1. The first-order valence-electron chi connectivity index (χ1n) is 10.6. The number of hydrogen-bond acceptors (Lipinski definition) is 5.